The molecule has 5 nitrogen and oxygen atoms in total. The SMILES string of the molecule is CCC(C)CC(C)NC(=O)Nc1c(F)cccc1C(=O)O. The minimum Gasteiger partial charge on any atom is -0.478 e. The van der Waals surface area contributed by atoms with Gasteiger partial charge < -0.3 is 15.7 Å². The fourth-order valence-electron chi connectivity index (χ4n) is 2.03. The molecule has 0 aliphatic carbocycles. The second kappa shape index (κ2) is 7.61. The zero-order chi connectivity index (χ0) is 16.0. The van der Waals surface area contributed by atoms with Crippen molar-refractivity contribution in [3.05, 3.63) is 29.6 Å². The van der Waals surface area contributed by atoms with Crippen LogP contribution in [0.25, 0.3) is 0 Å². The Morgan fingerprint density at radius 2 is 2.00 bits per heavy atom. The van der Waals surface area contributed by atoms with Crippen molar-refractivity contribution in [2.45, 2.75) is 39.7 Å². The third-order valence-electron chi connectivity index (χ3n) is 3.31. The first-order valence-corrected chi connectivity index (χ1v) is 6.94. The van der Waals surface area contributed by atoms with E-state index >= 15 is 0 Å². The molecule has 1 aromatic rings. The van der Waals surface area contributed by atoms with Crippen LogP contribution in [0.15, 0.2) is 18.2 Å². The quantitative estimate of drug-likeness (QED) is 0.752. The number of benzene rings is 1. The zero-order valence-electron chi connectivity index (χ0n) is 12.4. The molecule has 0 fully saturated rings. The van der Waals surface area contributed by atoms with Crippen molar-refractivity contribution < 1.29 is 19.1 Å². The van der Waals surface area contributed by atoms with Gasteiger partial charge >= 0.3 is 12.0 Å². The number of para-hydroxylation sites is 1. The number of aromatic carboxylic acids is 1. The lowest BCUT2D eigenvalue weighted by Gasteiger charge is -2.18. The molecule has 0 saturated carbocycles. The Kier molecular flexibility index (Phi) is 6.14. The number of carbonyl (C=O) groups is 2. The Morgan fingerprint density at radius 1 is 1.33 bits per heavy atom. The highest BCUT2D eigenvalue weighted by Gasteiger charge is 2.17. The van der Waals surface area contributed by atoms with Crippen LogP contribution < -0.4 is 10.6 Å². The van der Waals surface area contributed by atoms with Crippen molar-refractivity contribution in [3.8, 4) is 0 Å². The maximum absolute atomic E-state index is 13.7. The summed E-state index contributed by atoms with van der Waals surface area (Å²) in [7, 11) is 0. The number of carboxylic acid groups (broad SMARTS) is 1. The smallest absolute Gasteiger partial charge is 0.337 e. The standard InChI is InChI=1S/C15H21FN2O3/c1-4-9(2)8-10(3)17-15(21)18-13-11(14(19)20)6-5-7-12(13)16/h5-7,9-10H,4,8H2,1-3H3,(H,19,20)(H2,17,18,21). The fourth-order valence-corrected chi connectivity index (χ4v) is 2.03. The van der Waals surface area contributed by atoms with Crippen LogP contribution in [0.3, 0.4) is 0 Å². The minimum atomic E-state index is -1.29. The Labute approximate surface area is 123 Å². The summed E-state index contributed by atoms with van der Waals surface area (Å²) < 4.78 is 13.7. The Balaban J connectivity index is 2.73. The maximum Gasteiger partial charge on any atom is 0.337 e. The van der Waals surface area contributed by atoms with Crippen LogP contribution in [0.2, 0.25) is 0 Å². The van der Waals surface area contributed by atoms with Gasteiger partial charge in [-0.3, -0.25) is 0 Å². The van der Waals surface area contributed by atoms with Gasteiger partial charge in [0.2, 0.25) is 0 Å². The number of hydrogen-bond donors (Lipinski definition) is 3. The van der Waals surface area contributed by atoms with Gasteiger partial charge in [-0.2, -0.15) is 0 Å². The third-order valence-corrected chi connectivity index (χ3v) is 3.31. The molecule has 0 aromatic heterocycles. The molecule has 1 rings (SSSR count). The van der Waals surface area contributed by atoms with Crippen LogP contribution in [0.4, 0.5) is 14.9 Å². The molecule has 3 N–H and O–H groups in total. The number of nitrogens with one attached hydrogen (secondary N) is 2. The van der Waals surface area contributed by atoms with Gasteiger partial charge in [0.25, 0.3) is 0 Å². The minimum absolute atomic E-state index is 0.0833. The van der Waals surface area contributed by atoms with Crippen molar-refractivity contribution in [3.63, 3.8) is 0 Å². The summed E-state index contributed by atoms with van der Waals surface area (Å²) in [4.78, 5) is 22.9. The molecule has 2 unspecified atom stereocenters. The normalized spacial score (nSPS) is 13.3. The van der Waals surface area contributed by atoms with Crippen LogP contribution in [0, 0.1) is 11.7 Å². The van der Waals surface area contributed by atoms with Gasteiger partial charge in [0.15, 0.2) is 0 Å². The molecular formula is C15H21FN2O3. The zero-order valence-corrected chi connectivity index (χ0v) is 12.4. The molecule has 6 heteroatoms. The average Bonchev–Trinajstić information content (AvgIpc) is 2.40. The summed E-state index contributed by atoms with van der Waals surface area (Å²) in [5.41, 5.74) is -0.599. The largest absolute Gasteiger partial charge is 0.478 e. The van der Waals surface area contributed by atoms with E-state index in [2.05, 4.69) is 24.5 Å². The number of amides is 2. The molecule has 0 heterocycles. The number of anilines is 1. The number of rotatable bonds is 6. The first-order chi connectivity index (χ1) is 9.85. The van der Waals surface area contributed by atoms with Crippen LogP contribution in [0.5, 0.6) is 0 Å². The van der Waals surface area contributed by atoms with Gasteiger partial charge in [-0.1, -0.05) is 26.3 Å². The summed E-state index contributed by atoms with van der Waals surface area (Å²) in [5.74, 6) is -1.61. The van der Waals surface area contributed by atoms with Gasteiger partial charge in [-0.05, 0) is 31.4 Å². The first-order valence-electron chi connectivity index (χ1n) is 6.94. The fraction of sp³-hybridized carbons (Fsp3) is 0.467. The number of carboxylic acids is 1. The highest BCUT2D eigenvalue weighted by Crippen LogP contribution is 2.20. The Bertz CT molecular complexity index is 520. The van der Waals surface area contributed by atoms with E-state index in [1.165, 1.54) is 12.1 Å². The van der Waals surface area contributed by atoms with E-state index in [9.17, 15) is 14.0 Å². The van der Waals surface area contributed by atoms with Crippen LogP contribution in [-0.2, 0) is 0 Å². The molecule has 0 radical (unpaired) electrons. The number of hydrogen-bond acceptors (Lipinski definition) is 2. The summed E-state index contributed by atoms with van der Waals surface area (Å²) in [6.07, 6.45) is 1.80. The summed E-state index contributed by atoms with van der Waals surface area (Å²) in [6, 6.07) is 2.93. The molecule has 0 aliphatic rings. The van der Waals surface area contributed by atoms with Crippen LogP contribution in [-0.4, -0.2) is 23.1 Å². The third kappa shape index (κ3) is 5.06. The highest BCUT2D eigenvalue weighted by molar-refractivity contribution is 6.00. The molecule has 2 atom stereocenters. The molecule has 2 amide bonds. The lowest BCUT2D eigenvalue weighted by molar-refractivity contribution is 0.0697. The van der Waals surface area contributed by atoms with Gasteiger partial charge in [-0.25, -0.2) is 14.0 Å². The van der Waals surface area contributed by atoms with E-state index in [1.54, 1.807) is 0 Å². The summed E-state index contributed by atoms with van der Waals surface area (Å²) in [6.45, 7) is 6.00. The summed E-state index contributed by atoms with van der Waals surface area (Å²) >= 11 is 0. The average molecular weight is 296 g/mol. The van der Waals surface area contributed by atoms with Crippen molar-refractivity contribution in [2.24, 2.45) is 5.92 Å². The molecule has 116 valence electrons. The number of carbonyl (C=O) groups excluding carboxylic acids is 1. The molecular weight excluding hydrogens is 275 g/mol. The van der Waals surface area contributed by atoms with E-state index < -0.39 is 17.8 Å². The Morgan fingerprint density at radius 3 is 2.57 bits per heavy atom. The molecule has 0 aliphatic heterocycles. The predicted molar refractivity (Wildman–Crippen MR) is 79.0 cm³/mol. The van der Waals surface area contributed by atoms with Gasteiger partial charge in [-0.15, -0.1) is 0 Å². The lowest BCUT2D eigenvalue weighted by Crippen LogP contribution is -2.37. The molecule has 0 spiro atoms. The topological polar surface area (TPSA) is 78.4 Å². The van der Waals surface area contributed by atoms with Crippen molar-refractivity contribution in [1.82, 2.24) is 5.32 Å². The monoisotopic (exact) mass is 296 g/mol. The van der Waals surface area contributed by atoms with Crippen molar-refractivity contribution >= 4 is 17.7 Å². The van der Waals surface area contributed by atoms with Crippen molar-refractivity contribution in [2.75, 3.05) is 5.32 Å². The van der Waals surface area contributed by atoms with E-state index in [-0.39, 0.29) is 17.3 Å². The number of urea groups is 1. The van der Waals surface area contributed by atoms with E-state index in [4.69, 9.17) is 5.11 Å². The van der Waals surface area contributed by atoms with Gasteiger partial charge in [0.1, 0.15) is 5.82 Å². The highest BCUT2D eigenvalue weighted by atomic mass is 19.1. The van der Waals surface area contributed by atoms with Crippen molar-refractivity contribution in [1.29, 1.82) is 0 Å². The van der Waals surface area contributed by atoms with Crippen LogP contribution in [0.1, 0.15) is 44.0 Å². The maximum atomic E-state index is 13.7. The first kappa shape index (κ1) is 16.9. The lowest BCUT2D eigenvalue weighted by atomic mass is 10.0. The van der Waals surface area contributed by atoms with Crippen LogP contribution >= 0.6 is 0 Å². The molecule has 21 heavy (non-hydrogen) atoms. The molecule has 1 aromatic carbocycles. The second-order valence-corrected chi connectivity index (χ2v) is 5.22. The van der Waals surface area contributed by atoms with E-state index in [0.29, 0.717) is 5.92 Å². The van der Waals surface area contributed by atoms with Gasteiger partial charge in [0.05, 0.1) is 11.3 Å². The molecule has 0 saturated heterocycles. The van der Waals surface area contributed by atoms with E-state index in [1.807, 2.05) is 6.92 Å². The number of halogens is 1. The predicted octanol–water partition coefficient (Wildman–Crippen LogP) is 3.47. The second-order valence-electron chi connectivity index (χ2n) is 5.22. The van der Waals surface area contributed by atoms with Gasteiger partial charge in [0, 0.05) is 6.04 Å². The molecule has 0 bridgehead atoms. The Hall–Kier alpha value is -2.11. The van der Waals surface area contributed by atoms with E-state index in [0.717, 1.165) is 18.9 Å². The summed E-state index contributed by atoms with van der Waals surface area (Å²) in [5, 5.41) is 14.0.